The van der Waals surface area contributed by atoms with Gasteiger partial charge in [-0.1, -0.05) is 6.07 Å². The minimum Gasteiger partial charge on any atom is -0.486 e. The lowest BCUT2D eigenvalue weighted by Crippen LogP contribution is -2.32. The van der Waals surface area contributed by atoms with Crippen LogP contribution in [0.15, 0.2) is 41.3 Å². The van der Waals surface area contributed by atoms with Crippen molar-refractivity contribution in [3.8, 4) is 11.5 Å². The Kier molecular flexibility index (Phi) is 4.86. The maximum Gasteiger partial charge on any atom is 0.262 e. The summed E-state index contributed by atoms with van der Waals surface area (Å²) < 4.78 is 44.0. The number of rotatable bonds is 5. The summed E-state index contributed by atoms with van der Waals surface area (Å²) in [7, 11) is -2.36. The lowest BCUT2D eigenvalue weighted by atomic mass is 10.1. The Morgan fingerprint density at radius 1 is 1.14 bits per heavy atom. The van der Waals surface area contributed by atoms with Gasteiger partial charge in [0.15, 0.2) is 11.5 Å². The monoisotopic (exact) mass is 404 g/mol. The van der Waals surface area contributed by atoms with Crippen molar-refractivity contribution in [3.63, 3.8) is 0 Å². The highest BCUT2D eigenvalue weighted by atomic mass is 32.2. The number of sulfonamides is 1. The molecule has 1 N–H and O–H groups in total. The Morgan fingerprint density at radius 3 is 2.71 bits per heavy atom. The number of carbonyl (C=O) groups is 1. The van der Waals surface area contributed by atoms with E-state index in [1.165, 1.54) is 19.2 Å². The predicted molar refractivity (Wildman–Crippen MR) is 103 cm³/mol. The molecular formula is C19H20N2O6S. The van der Waals surface area contributed by atoms with Gasteiger partial charge in [-0.25, -0.2) is 8.42 Å². The number of anilines is 2. The summed E-state index contributed by atoms with van der Waals surface area (Å²) in [4.78, 5) is 13.9. The Hall–Kier alpha value is -2.78. The van der Waals surface area contributed by atoms with E-state index in [4.69, 9.17) is 14.2 Å². The molecular weight excluding hydrogens is 384 g/mol. The molecule has 0 bridgehead atoms. The van der Waals surface area contributed by atoms with Gasteiger partial charge in [-0.05, 0) is 36.2 Å². The van der Waals surface area contributed by atoms with Crippen molar-refractivity contribution in [1.29, 1.82) is 0 Å². The Morgan fingerprint density at radius 2 is 1.93 bits per heavy atom. The molecule has 0 spiro atoms. The van der Waals surface area contributed by atoms with E-state index in [2.05, 4.69) is 4.72 Å². The fraction of sp³-hybridized carbons (Fsp3) is 0.316. The minimum atomic E-state index is -3.83. The minimum absolute atomic E-state index is 0.0212. The standard InChI is InChI=1S/C19H20N2O6S/c1-25-12-19(22)21-7-6-13-2-3-14(10-16(13)21)20-28(23,24)15-4-5-17-18(11-15)27-9-8-26-17/h2-5,10-11,20H,6-9,12H2,1H3. The number of amides is 1. The number of nitrogens with zero attached hydrogens (tertiary/aromatic N) is 1. The summed E-state index contributed by atoms with van der Waals surface area (Å²) >= 11 is 0. The van der Waals surface area contributed by atoms with Crippen LogP contribution in [0.5, 0.6) is 11.5 Å². The molecule has 8 nitrogen and oxygen atoms in total. The van der Waals surface area contributed by atoms with E-state index in [0.717, 1.165) is 12.0 Å². The van der Waals surface area contributed by atoms with Gasteiger partial charge in [0.05, 0.1) is 10.6 Å². The number of benzene rings is 2. The molecule has 0 fully saturated rings. The van der Waals surface area contributed by atoms with Gasteiger partial charge < -0.3 is 19.1 Å². The van der Waals surface area contributed by atoms with Crippen molar-refractivity contribution in [2.24, 2.45) is 0 Å². The Labute approximate surface area is 163 Å². The topological polar surface area (TPSA) is 94.2 Å². The molecule has 148 valence electrons. The SMILES string of the molecule is COCC(=O)N1CCc2ccc(NS(=O)(=O)c3ccc4c(c3)OCCO4)cc21. The molecule has 2 aliphatic heterocycles. The van der Waals surface area contributed by atoms with Crippen LogP contribution in [0.3, 0.4) is 0 Å². The highest BCUT2D eigenvalue weighted by Crippen LogP contribution is 2.34. The number of hydrogen-bond donors (Lipinski definition) is 1. The summed E-state index contributed by atoms with van der Waals surface area (Å²) in [6.07, 6.45) is 0.722. The van der Waals surface area contributed by atoms with Crippen LogP contribution < -0.4 is 19.1 Å². The van der Waals surface area contributed by atoms with Crippen LogP contribution in [-0.4, -0.2) is 47.8 Å². The third kappa shape index (κ3) is 3.50. The maximum atomic E-state index is 12.8. The largest absolute Gasteiger partial charge is 0.486 e. The third-order valence-electron chi connectivity index (χ3n) is 4.63. The highest BCUT2D eigenvalue weighted by Gasteiger charge is 2.26. The molecule has 0 aromatic heterocycles. The van der Waals surface area contributed by atoms with Crippen molar-refractivity contribution in [2.45, 2.75) is 11.3 Å². The van der Waals surface area contributed by atoms with Gasteiger partial charge in [0.2, 0.25) is 0 Å². The zero-order valence-corrected chi connectivity index (χ0v) is 16.1. The van der Waals surface area contributed by atoms with E-state index in [0.29, 0.717) is 42.6 Å². The molecule has 0 saturated heterocycles. The van der Waals surface area contributed by atoms with Crippen LogP contribution in [0.4, 0.5) is 11.4 Å². The van der Waals surface area contributed by atoms with Crippen LogP contribution in [0.25, 0.3) is 0 Å². The van der Waals surface area contributed by atoms with E-state index in [-0.39, 0.29) is 17.4 Å². The second kappa shape index (κ2) is 7.33. The van der Waals surface area contributed by atoms with Crippen molar-refractivity contribution >= 4 is 27.3 Å². The number of hydrogen-bond acceptors (Lipinski definition) is 6. The molecule has 0 atom stereocenters. The molecule has 2 aliphatic rings. The molecule has 9 heteroatoms. The van der Waals surface area contributed by atoms with Gasteiger partial charge in [0.1, 0.15) is 19.8 Å². The van der Waals surface area contributed by atoms with Gasteiger partial charge in [-0.15, -0.1) is 0 Å². The van der Waals surface area contributed by atoms with Crippen LogP contribution in [0.2, 0.25) is 0 Å². The average molecular weight is 404 g/mol. The van der Waals surface area contributed by atoms with Crippen LogP contribution in [0, 0.1) is 0 Å². The first kappa shape index (κ1) is 18.6. The van der Waals surface area contributed by atoms with Crippen molar-refractivity contribution in [2.75, 3.05) is 43.1 Å². The second-order valence-electron chi connectivity index (χ2n) is 6.48. The number of nitrogens with one attached hydrogen (secondary N) is 1. The molecule has 0 aliphatic carbocycles. The molecule has 2 aromatic rings. The van der Waals surface area contributed by atoms with E-state index in [9.17, 15) is 13.2 Å². The van der Waals surface area contributed by atoms with Crippen LogP contribution in [0.1, 0.15) is 5.56 Å². The van der Waals surface area contributed by atoms with Crippen LogP contribution in [-0.2, 0) is 26.0 Å². The zero-order valence-electron chi connectivity index (χ0n) is 15.3. The number of carbonyl (C=O) groups excluding carboxylic acids is 1. The average Bonchev–Trinajstić information content (AvgIpc) is 3.11. The first-order chi connectivity index (χ1) is 13.5. The smallest absolute Gasteiger partial charge is 0.262 e. The van der Waals surface area contributed by atoms with E-state index >= 15 is 0 Å². The quantitative estimate of drug-likeness (QED) is 0.817. The van der Waals surface area contributed by atoms with Crippen molar-refractivity contribution in [1.82, 2.24) is 0 Å². The fourth-order valence-corrected chi connectivity index (χ4v) is 4.37. The van der Waals surface area contributed by atoms with Gasteiger partial charge in [0, 0.05) is 25.4 Å². The third-order valence-corrected chi connectivity index (χ3v) is 6.00. The Bertz CT molecular complexity index is 1020. The van der Waals surface area contributed by atoms with E-state index in [1.807, 2.05) is 6.07 Å². The Balaban J connectivity index is 1.59. The zero-order chi connectivity index (χ0) is 19.7. The maximum absolute atomic E-state index is 12.8. The summed E-state index contributed by atoms with van der Waals surface area (Å²) in [5.41, 5.74) is 2.07. The molecule has 4 rings (SSSR count). The normalized spacial score (nSPS) is 15.2. The first-order valence-electron chi connectivity index (χ1n) is 8.82. The van der Waals surface area contributed by atoms with Gasteiger partial charge >= 0.3 is 0 Å². The molecule has 0 unspecified atom stereocenters. The summed E-state index contributed by atoms with van der Waals surface area (Å²) in [6.45, 7) is 1.34. The molecule has 28 heavy (non-hydrogen) atoms. The van der Waals surface area contributed by atoms with E-state index < -0.39 is 10.0 Å². The molecule has 2 aromatic carbocycles. The molecule has 0 radical (unpaired) electrons. The number of fused-ring (bicyclic) bond motifs is 2. The number of methoxy groups -OCH3 is 1. The van der Waals surface area contributed by atoms with Crippen molar-refractivity contribution in [3.05, 3.63) is 42.0 Å². The second-order valence-corrected chi connectivity index (χ2v) is 8.17. The summed E-state index contributed by atoms with van der Waals surface area (Å²) in [6, 6.07) is 9.69. The summed E-state index contributed by atoms with van der Waals surface area (Å²) in [5.74, 6) is 0.766. The van der Waals surface area contributed by atoms with Gasteiger partial charge in [-0.2, -0.15) is 0 Å². The van der Waals surface area contributed by atoms with Crippen LogP contribution >= 0.6 is 0 Å². The summed E-state index contributed by atoms with van der Waals surface area (Å²) in [5, 5.41) is 0. The predicted octanol–water partition coefficient (Wildman–Crippen LogP) is 1.79. The van der Waals surface area contributed by atoms with E-state index in [1.54, 1.807) is 23.1 Å². The molecule has 2 heterocycles. The molecule has 1 amide bonds. The lowest BCUT2D eigenvalue weighted by molar-refractivity contribution is -0.122. The highest BCUT2D eigenvalue weighted by molar-refractivity contribution is 7.92. The van der Waals surface area contributed by atoms with Crippen molar-refractivity contribution < 1.29 is 27.4 Å². The fourth-order valence-electron chi connectivity index (χ4n) is 3.31. The first-order valence-corrected chi connectivity index (χ1v) is 10.3. The number of ether oxygens (including phenoxy) is 3. The van der Waals surface area contributed by atoms with Gasteiger partial charge in [-0.3, -0.25) is 9.52 Å². The lowest BCUT2D eigenvalue weighted by Gasteiger charge is -2.19. The van der Waals surface area contributed by atoms with Gasteiger partial charge in [0.25, 0.3) is 15.9 Å². The molecule has 0 saturated carbocycles.